The van der Waals surface area contributed by atoms with Gasteiger partial charge in [0.25, 0.3) is 0 Å². The second-order valence-corrected chi connectivity index (χ2v) is 7.68. The summed E-state index contributed by atoms with van der Waals surface area (Å²) in [5, 5.41) is 8.69. The van der Waals surface area contributed by atoms with Gasteiger partial charge in [-0.3, -0.25) is 0 Å². The van der Waals surface area contributed by atoms with Gasteiger partial charge in [-0.15, -0.1) is 0 Å². The lowest BCUT2D eigenvalue weighted by Gasteiger charge is -2.19. The number of hydrogen-bond donors (Lipinski definition) is 1. The molecule has 1 N–H and O–H groups in total. The van der Waals surface area contributed by atoms with E-state index in [1.807, 2.05) is 0 Å². The Kier molecular flexibility index (Phi) is 4.19. The normalized spacial score (nSPS) is 18.6. The second kappa shape index (κ2) is 5.57. The maximum absolute atomic E-state index is 12.6. The van der Waals surface area contributed by atoms with Crippen LogP contribution in [-0.4, -0.2) is 37.5 Å². The van der Waals surface area contributed by atoms with Crippen molar-refractivity contribution in [2.45, 2.75) is 25.2 Å². The molecule has 1 saturated heterocycles. The van der Waals surface area contributed by atoms with E-state index in [-0.39, 0.29) is 16.9 Å². The van der Waals surface area contributed by atoms with Crippen molar-refractivity contribution >= 4 is 10.0 Å². The number of aliphatic hydroxyl groups is 1. The zero-order valence-electron chi connectivity index (χ0n) is 11.8. The zero-order valence-corrected chi connectivity index (χ0v) is 12.6. The molecule has 0 atom stereocenters. The molecule has 20 heavy (non-hydrogen) atoms. The van der Waals surface area contributed by atoms with E-state index >= 15 is 0 Å². The standard InChI is InChI=1S/C15H19NO3S/c1-15(2)8-9-16(12-15)20(18,19)14-7-3-5-13(11-14)6-4-10-17/h3,5,7,11,17H,8-10,12H2,1-2H3. The predicted molar refractivity (Wildman–Crippen MR) is 77.6 cm³/mol. The summed E-state index contributed by atoms with van der Waals surface area (Å²) < 4.78 is 26.7. The average Bonchev–Trinajstić information content (AvgIpc) is 2.78. The highest BCUT2D eigenvalue weighted by atomic mass is 32.2. The van der Waals surface area contributed by atoms with Gasteiger partial charge >= 0.3 is 0 Å². The molecule has 5 heteroatoms. The molecule has 0 aliphatic carbocycles. The van der Waals surface area contributed by atoms with Crippen LogP contribution in [0.3, 0.4) is 0 Å². The van der Waals surface area contributed by atoms with E-state index < -0.39 is 10.0 Å². The first-order chi connectivity index (χ1) is 9.35. The summed E-state index contributed by atoms with van der Waals surface area (Å²) in [6.07, 6.45) is 0.871. The van der Waals surface area contributed by atoms with Crippen LogP contribution in [0, 0.1) is 17.3 Å². The highest BCUT2D eigenvalue weighted by molar-refractivity contribution is 7.89. The molecule has 0 amide bonds. The van der Waals surface area contributed by atoms with Gasteiger partial charge in [-0.1, -0.05) is 31.8 Å². The van der Waals surface area contributed by atoms with E-state index in [0.29, 0.717) is 18.7 Å². The topological polar surface area (TPSA) is 57.6 Å². The van der Waals surface area contributed by atoms with E-state index in [4.69, 9.17) is 5.11 Å². The molecule has 0 radical (unpaired) electrons. The van der Waals surface area contributed by atoms with Crippen LogP contribution in [0.4, 0.5) is 0 Å². The monoisotopic (exact) mass is 293 g/mol. The number of sulfonamides is 1. The van der Waals surface area contributed by atoms with Crippen molar-refractivity contribution in [3.05, 3.63) is 29.8 Å². The van der Waals surface area contributed by atoms with E-state index in [2.05, 4.69) is 25.7 Å². The Bertz CT molecular complexity index is 653. The summed E-state index contributed by atoms with van der Waals surface area (Å²) in [6, 6.07) is 6.55. The van der Waals surface area contributed by atoms with Crippen LogP contribution in [-0.2, 0) is 10.0 Å². The Morgan fingerprint density at radius 3 is 2.75 bits per heavy atom. The summed E-state index contributed by atoms with van der Waals surface area (Å²) in [6.45, 7) is 5.01. The Labute approximate surface area is 120 Å². The second-order valence-electron chi connectivity index (χ2n) is 5.74. The first kappa shape index (κ1) is 15.0. The minimum absolute atomic E-state index is 0.0291. The van der Waals surface area contributed by atoms with Crippen molar-refractivity contribution in [2.75, 3.05) is 19.7 Å². The third kappa shape index (κ3) is 3.21. The van der Waals surface area contributed by atoms with Crippen molar-refractivity contribution in [1.29, 1.82) is 0 Å². The molecule has 0 unspecified atom stereocenters. The van der Waals surface area contributed by atoms with E-state index in [0.717, 1.165) is 6.42 Å². The molecule has 4 nitrogen and oxygen atoms in total. The molecule has 1 aliphatic rings. The van der Waals surface area contributed by atoms with Gasteiger partial charge in [0.2, 0.25) is 10.0 Å². The molecule has 1 aromatic carbocycles. The number of aliphatic hydroxyl groups excluding tert-OH is 1. The van der Waals surface area contributed by atoms with Gasteiger partial charge in [-0.25, -0.2) is 8.42 Å². The SMILES string of the molecule is CC1(C)CCN(S(=O)(=O)c2cccc(C#CCO)c2)C1. The van der Waals surface area contributed by atoms with Crippen molar-refractivity contribution < 1.29 is 13.5 Å². The van der Waals surface area contributed by atoms with Gasteiger partial charge in [-0.05, 0) is 30.0 Å². The quantitative estimate of drug-likeness (QED) is 0.840. The van der Waals surface area contributed by atoms with Crippen LogP contribution < -0.4 is 0 Å². The number of hydrogen-bond acceptors (Lipinski definition) is 3. The number of benzene rings is 1. The molecule has 0 aromatic heterocycles. The highest BCUT2D eigenvalue weighted by Gasteiger charge is 2.36. The van der Waals surface area contributed by atoms with Gasteiger partial charge in [0.15, 0.2) is 0 Å². The van der Waals surface area contributed by atoms with Crippen LogP contribution >= 0.6 is 0 Å². The largest absolute Gasteiger partial charge is 0.384 e. The van der Waals surface area contributed by atoms with Gasteiger partial charge < -0.3 is 5.11 Å². The Morgan fingerprint density at radius 1 is 1.40 bits per heavy atom. The third-order valence-electron chi connectivity index (χ3n) is 3.43. The Hall–Kier alpha value is -1.35. The molecule has 0 bridgehead atoms. The summed E-state index contributed by atoms with van der Waals surface area (Å²) >= 11 is 0. The van der Waals surface area contributed by atoms with Gasteiger partial charge in [0.1, 0.15) is 6.61 Å². The van der Waals surface area contributed by atoms with Crippen LogP contribution in [0.25, 0.3) is 0 Å². The molecule has 0 saturated carbocycles. The molecule has 1 heterocycles. The first-order valence-electron chi connectivity index (χ1n) is 6.55. The summed E-state index contributed by atoms with van der Waals surface area (Å²) in [7, 11) is -3.45. The molecular weight excluding hydrogens is 274 g/mol. The molecule has 108 valence electrons. The minimum Gasteiger partial charge on any atom is -0.384 e. The number of nitrogens with zero attached hydrogens (tertiary/aromatic N) is 1. The lowest BCUT2D eigenvalue weighted by Crippen LogP contribution is -2.30. The molecule has 1 aliphatic heterocycles. The molecular formula is C15H19NO3S. The molecule has 0 spiro atoms. The van der Waals surface area contributed by atoms with E-state index in [9.17, 15) is 8.42 Å². The fourth-order valence-electron chi connectivity index (χ4n) is 2.29. The smallest absolute Gasteiger partial charge is 0.243 e. The zero-order chi connectivity index (χ0) is 14.8. The summed E-state index contributed by atoms with van der Waals surface area (Å²) in [4.78, 5) is 0.264. The first-order valence-corrected chi connectivity index (χ1v) is 7.99. The van der Waals surface area contributed by atoms with Gasteiger partial charge in [0, 0.05) is 18.7 Å². The highest BCUT2D eigenvalue weighted by Crippen LogP contribution is 2.32. The van der Waals surface area contributed by atoms with Crippen molar-refractivity contribution in [3.63, 3.8) is 0 Å². The van der Waals surface area contributed by atoms with Gasteiger partial charge in [-0.2, -0.15) is 4.31 Å². The van der Waals surface area contributed by atoms with Crippen molar-refractivity contribution in [3.8, 4) is 11.8 Å². The van der Waals surface area contributed by atoms with Crippen LogP contribution in [0.5, 0.6) is 0 Å². The lowest BCUT2D eigenvalue weighted by atomic mass is 9.93. The maximum Gasteiger partial charge on any atom is 0.243 e. The summed E-state index contributed by atoms with van der Waals surface area (Å²) in [5.41, 5.74) is 0.625. The van der Waals surface area contributed by atoms with Crippen LogP contribution in [0.2, 0.25) is 0 Å². The van der Waals surface area contributed by atoms with Crippen molar-refractivity contribution in [1.82, 2.24) is 4.31 Å². The van der Waals surface area contributed by atoms with E-state index in [1.54, 1.807) is 24.3 Å². The van der Waals surface area contributed by atoms with E-state index in [1.165, 1.54) is 4.31 Å². The third-order valence-corrected chi connectivity index (χ3v) is 5.27. The molecule has 2 rings (SSSR count). The Morgan fingerprint density at radius 2 is 2.15 bits per heavy atom. The van der Waals surface area contributed by atoms with Gasteiger partial charge in [0.05, 0.1) is 4.90 Å². The maximum atomic E-state index is 12.6. The van der Waals surface area contributed by atoms with Crippen molar-refractivity contribution in [2.24, 2.45) is 5.41 Å². The summed E-state index contributed by atoms with van der Waals surface area (Å²) in [5.74, 6) is 5.25. The molecule has 1 aromatic rings. The fourth-order valence-corrected chi connectivity index (χ4v) is 3.97. The van der Waals surface area contributed by atoms with Crippen LogP contribution in [0.1, 0.15) is 25.8 Å². The fraction of sp³-hybridized carbons (Fsp3) is 0.467. The Balaban J connectivity index is 2.31. The predicted octanol–water partition coefficient (Wildman–Crippen LogP) is 1.45. The molecule has 1 fully saturated rings. The average molecular weight is 293 g/mol. The minimum atomic E-state index is -3.45. The lowest BCUT2D eigenvalue weighted by molar-refractivity contribution is 0.350. The van der Waals surface area contributed by atoms with Crippen LogP contribution in [0.15, 0.2) is 29.2 Å². The number of rotatable bonds is 2.